The van der Waals surface area contributed by atoms with Gasteiger partial charge in [0.2, 0.25) is 11.7 Å². The molecule has 0 aliphatic heterocycles. The number of esters is 1. The summed E-state index contributed by atoms with van der Waals surface area (Å²) in [6, 6.07) is 6.96. The summed E-state index contributed by atoms with van der Waals surface area (Å²) in [4.78, 5) is 38.7. The van der Waals surface area contributed by atoms with E-state index in [-0.39, 0.29) is 12.8 Å². The molecule has 1 aromatic carbocycles. The van der Waals surface area contributed by atoms with E-state index in [1.807, 2.05) is 36.5 Å². The number of imide groups is 1. The van der Waals surface area contributed by atoms with Gasteiger partial charge in [-0.25, -0.2) is 4.79 Å². The zero-order valence-corrected chi connectivity index (χ0v) is 14.7. The molecule has 1 atom stereocenters. The van der Waals surface area contributed by atoms with Crippen molar-refractivity contribution in [1.82, 2.24) is 20.8 Å². The standard InChI is InChI=1S/C17H20N4O5/c1-10-4-6-12(7-5-10)15-19-13(26-21-15)8-9-14(22)25-11(2)16(23)20-17(24)18-3/h4-7,11H,8-9H2,1-3H3,(H2,18,20,23,24). The largest absolute Gasteiger partial charge is 0.453 e. The lowest BCUT2D eigenvalue weighted by atomic mass is 10.1. The van der Waals surface area contributed by atoms with Crippen molar-refractivity contribution < 1.29 is 23.6 Å². The summed E-state index contributed by atoms with van der Waals surface area (Å²) in [5.41, 5.74) is 1.93. The number of carbonyl (C=O) groups excluding carboxylic acids is 3. The molecule has 0 saturated heterocycles. The molecule has 0 radical (unpaired) electrons. The average Bonchev–Trinajstić information content (AvgIpc) is 3.09. The topological polar surface area (TPSA) is 123 Å². The second-order valence-corrected chi connectivity index (χ2v) is 5.58. The molecule has 1 unspecified atom stereocenters. The Morgan fingerprint density at radius 3 is 2.58 bits per heavy atom. The van der Waals surface area contributed by atoms with Crippen molar-refractivity contribution in [2.75, 3.05) is 7.05 Å². The second kappa shape index (κ2) is 8.75. The molecule has 9 heteroatoms. The van der Waals surface area contributed by atoms with Gasteiger partial charge < -0.3 is 14.6 Å². The van der Waals surface area contributed by atoms with E-state index in [0.717, 1.165) is 11.1 Å². The molecular formula is C17H20N4O5. The predicted octanol–water partition coefficient (Wildman–Crippen LogP) is 1.36. The first-order chi connectivity index (χ1) is 12.4. The van der Waals surface area contributed by atoms with Crippen LogP contribution in [0.5, 0.6) is 0 Å². The Hall–Kier alpha value is -3.23. The molecule has 138 valence electrons. The van der Waals surface area contributed by atoms with Crippen LogP contribution < -0.4 is 10.6 Å². The first-order valence-electron chi connectivity index (χ1n) is 8.00. The minimum absolute atomic E-state index is 0.0346. The Balaban J connectivity index is 1.83. The van der Waals surface area contributed by atoms with Gasteiger partial charge in [-0.15, -0.1) is 0 Å². The van der Waals surface area contributed by atoms with Gasteiger partial charge in [-0.05, 0) is 13.8 Å². The molecule has 1 heterocycles. The highest BCUT2D eigenvalue weighted by Crippen LogP contribution is 2.16. The zero-order chi connectivity index (χ0) is 19.1. The van der Waals surface area contributed by atoms with Crippen molar-refractivity contribution in [3.8, 4) is 11.4 Å². The molecule has 0 bridgehead atoms. The maximum absolute atomic E-state index is 11.8. The Labute approximate surface area is 150 Å². The van der Waals surface area contributed by atoms with Gasteiger partial charge in [-0.1, -0.05) is 35.0 Å². The number of hydrogen-bond acceptors (Lipinski definition) is 7. The summed E-state index contributed by atoms with van der Waals surface area (Å²) in [6.45, 7) is 3.35. The van der Waals surface area contributed by atoms with Crippen LogP contribution in [0, 0.1) is 6.92 Å². The van der Waals surface area contributed by atoms with E-state index in [1.165, 1.54) is 14.0 Å². The van der Waals surface area contributed by atoms with Crippen LogP contribution in [0.2, 0.25) is 0 Å². The summed E-state index contributed by atoms with van der Waals surface area (Å²) >= 11 is 0. The molecule has 3 amide bonds. The summed E-state index contributed by atoms with van der Waals surface area (Å²) in [5.74, 6) is -0.594. The van der Waals surface area contributed by atoms with E-state index in [4.69, 9.17) is 9.26 Å². The van der Waals surface area contributed by atoms with E-state index in [9.17, 15) is 14.4 Å². The number of carbonyl (C=O) groups is 3. The van der Waals surface area contributed by atoms with Gasteiger partial charge in [0, 0.05) is 19.0 Å². The summed E-state index contributed by atoms with van der Waals surface area (Å²) in [5, 5.41) is 8.14. The molecule has 9 nitrogen and oxygen atoms in total. The Bertz CT molecular complexity index is 785. The van der Waals surface area contributed by atoms with Crippen LogP contribution in [0.25, 0.3) is 11.4 Å². The van der Waals surface area contributed by atoms with E-state index in [1.54, 1.807) is 0 Å². The molecular weight excluding hydrogens is 340 g/mol. The molecule has 2 rings (SSSR count). The highest BCUT2D eigenvalue weighted by atomic mass is 16.5. The highest BCUT2D eigenvalue weighted by Gasteiger charge is 2.20. The fraction of sp³-hybridized carbons (Fsp3) is 0.353. The molecule has 0 spiro atoms. The van der Waals surface area contributed by atoms with Crippen LogP contribution >= 0.6 is 0 Å². The lowest BCUT2D eigenvalue weighted by Gasteiger charge is -2.12. The number of urea groups is 1. The monoisotopic (exact) mass is 360 g/mol. The van der Waals surface area contributed by atoms with E-state index < -0.39 is 24.0 Å². The third kappa shape index (κ3) is 5.40. The number of amides is 3. The van der Waals surface area contributed by atoms with Crippen molar-refractivity contribution in [3.63, 3.8) is 0 Å². The van der Waals surface area contributed by atoms with Crippen LogP contribution in [0.1, 0.15) is 24.8 Å². The van der Waals surface area contributed by atoms with Crippen LogP contribution in [-0.2, 0) is 20.7 Å². The predicted molar refractivity (Wildman–Crippen MR) is 90.9 cm³/mol. The lowest BCUT2D eigenvalue weighted by molar-refractivity contribution is -0.154. The van der Waals surface area contributed by atoms with Gasteiger partial charge in [0.25, 0.3) is 5.91 Å². The number of aryl methyl sites for hydroxylation is 2. The highest BCUT2D eigenvalue weighted by molar-refractivity contribution is 5.96. The fourth-order valence-corrected chi connectivity index (χ4v) is 1.97. The number of ether oxygens (including phenoxy) is 1. The third-order valence-electron chi connectivity index (χ3n) is 3.46. The first-order valence-corrected chi connectivity index (χ1v) is 8.00. The molecule has 0 fully saturated rings. The minimum Gasteiger partial charge on any atom is -0.453 e. The summed E-state index contributed by atoms with van der Waals surface area (Å²) in [6.07, 6.45) is -0.945. The van der Waals surface area contributed by atoms with Gasteiger partial charge in [-0.2, -0.15) is 4.98 Å². The Morgan fingerprint density at radius 1 is 1.23 bits per heavy atom. The van der Waals surface area contributed by atoms with Gasteiger partial charge in [0.15, 0.2) is 6.10 Å². The van der Waals surface area contributed by atoms with Crippen molar-refractivity contribution >= 4 is 17.9 Å². The van der Waals surface area contributed by atoms with Crippen LogP contribution in [0.4, 0.5) is 4.79 Å². The summed E-state index contributed by atoms with van der Waals surface area (Å²) < 4.78 is 10.1. The lowest BCUT2D eigenvalue weighted by Crippen LogP contribution is -2.43. The minimum atomic E-state index is -1.09. The van der Waals surface area contributed by atoms with Gasteiger partial charge in [0.1, 0.15) is 0 Å². The zero-order valence-electron chi connectivity index (χ0n) is 14.7. The van der Waals surface area contributed by atoms with E-state index >= 15 is 0 Å². The molecule has 26 heavy (non-hydrogen) atoms. The maximum Gasteiger partial charge on any atom is 0.321 e. The van der Waals surface area contributed by atoms with Crippen molar-refractivity contribution in [1.29, 1.82) is 0 Å². The number of nitrogens with zero attached hydrogens (tertiary/aromatic N) is 2. The number of nitrogens with one attached hydrogen (secondary N) is 2. The summed E-state index contributed by atoms with van der Waals surface area (Å²) in [7, 11) is 1.37. The van der Waals surface area contributed by atoms with Crippen molar-refractivity contribution in [2.45, 2.75) is 32.8 Å². The molecule has 0 aliphatic carbocycles. The van der Waals surface area contributed by atoms with Crippen molar-refractivity contribution in [2.24, 2.45) is 0 Å². The van der Waals surface area contributed by atoms with Gasteiger partial charge in [-0.3, -0.25) is 14.9 Å². The molecule has 2 aromatic rings. The fourth-order valence-electron chi connectivity index (χ4n) is 1.97. The maximum atomic E-state index is 11.8. The number of aromatic nitrogens is 2. The van der Waals surface area contributed by atoms with Crippen molar-refractivity contribution in [3.05, 3.63) is 35.7 Å². The molecule has 2 N–H and O–H groups in total. The third-order valence-corrected chi connectivity index (χ3v) is 3.46. The van der Waals surface area contributed by atoms with Crippen LogP contribution in [0.15, 0.2) is 28.8 Å². The smallest absolute Gasteiger partial charge is 0.321 e. The quantitative estimate of drug-likeness (QED) is 0.746. The van der Waals surface area contributed by atoms with Crippen LogP contribution in [0.3, 0.4) is 0 Å². The molecule has 1 aromatic heterocycles. The molecule has 0 aliphatic rings. The van der Waals surface area contributed by atoms with Gasteiger partial charge in [0.05, 0.1) is 6.42 Å². The number of benzene rings is 1. The Morgan fingerprint density at radius 2 is 1.92 bits per heavy atom. The second-order valence-electron chi connectivity index (χ2n) is 5.58. The molecule has 0 saturated carbocycles. The number of rotatable bonds is 6. The van der Waals surface area contributed by atoms with Crippen LogP contribution in [-0.4, -0.2) is 41.2 Å². The van der Waals surface area contributed by atoms with Gasteiger partial charge >= 0.3 is 12.0 Å². The number of hydrogen-bond donors (Lipinski definition) is 2. The van der Waals surface area contributed by atoms with E-state index in [2.05, 4.69) is 15.5 Å². The Kier molecular flexibility index (Phi) is 6.42. The van der Waals surface area contributed by atoms with E-state index in [0.29, 0.717) is 11.7 Å². The SMILES string of the molecule is CNC(=O)NC(=O)C(C)OC(=O)CCc1nc(-c2ccc(C)cc2)no1. The normalized spacial score (nSPS) is 11.5. The first kappa shape index (κ1) is 19.1. The average molecular weight is 360 g/mol.